The van der Waals surface area contributed by atoms with Gasteiger partial charge in [-0.05, 0) is 18.8 Å². The van der Waals surface area contributed by atoms with Crippen LogP contribution in [0, 0.1) is 0 Å². The molecule has 1 aromatic rings. The van der Waals surface area contributed by atoms with Crippen LogP contribution in [0.2, 0.25) is 0 Å². The number of hydrogen-bond acceptors (Lipinski definition) is 1. The fraction of sp³-hybridized carbons (Fsp3) is 0.800. The summed E-state index contributed by atoms with van der Waals surface area (Å²) in [6.45, 7) is 15.7. The van der Waals surface area contributed by atoms with Gasteiger partial charge in [-0.2, -0.15) is 0 Å². The van der Waals surface area contributed by atoms with Crippen molar-refractivity contribution in [2.45, 2.75) is 78.6 Å². The van der Waals surface area contributed by atoms with Crippen LogP contribution in [0.5, 0.6) is 0 Å². The summed E-state index contributed by atoms with van der Waals surface area (Å²) in [5.41, 5.74) is 2.80. The summed E-state index contributed by atoms with van der Waals surface area (Å²) in [6.07, 6.45) is 2.28. The molecule has 0 aliphatic carbocycles. The maximum Gasteiger partial charge on any atom is 0.109 e. The van der Waals surface area contributed by atoms with Crippen molar-refractivity contribution in [2.75, 3.05) is 0 Å². The summed E-state index contributed by atoms with van der Waals surface area (Å²) < 4.78 is 0. The van der Waals surface area contributed by atoms with Gasteiger partial charge in [0.05, 0.1) is 5.69 Å². The van der Waals surface area contributed by atoms with Crippen LogP contribution in [0.3, 0.4) is 0 Å². The molecule has 98 valence electrons. The second kappa shape index (κ2) is 5.24. The first kappa shape index (κ1) is 14.3. The summed E-state index contributed by atoms with van der Waals surface area (Å²) >= 11 is 0. The van der Waals surface area contributed by atoms with Crippen molar-refractivity contribution in [3.05, 3.63) is 17.2 Å². The summed E-state index contributed by atoms with van der Waals surface area (Å²) in [7, 11) is 0. The Morgan fingerprint density at radius 2 is 1.76 bits per heavy atom. The number of H-pyrrole nitrogens is 1. The van der Waals surface area contributed by atoms with E-state index in [-0.39, 0.29) is 5.41 Å². The fourth-order valence-electron chi connectivity index (χ4n) is 1.92. The van der Waals surface area contributed by atoms with Crippen molar-refractivity contribution in [3.63, 3.8) is 0 Å². The summed E-state index contributed by atoms with van der Waals surface area (Å²) in [6, 6.07) is 0. The Balaban J connectivity index is 3.26. The average Bonchev–Trinajstić information content (AvgIpc) is 2.73. The van der Waals surface area contributed by atoms with Crippen LogP contribution in [-0.4, -0.2) is 9.97 Å². The van der Waals surface area contributed by atoms with Gasteiger partial charge in [-0.1, -0.05) is 48.5 Å². The molecule has 0 aliphatic rings. The zero-order valence-corrected chi connectivity index (χ0v) is 12.5. The number of imidazole rings is 1. The monoisotopic (exact) mass is 236 g/mol. The zero-order chi connectivity index (χ0) is 13.2. The van der Waals surface area contributed by atoms with E-state index in [2.05, 4.69) is 53.5 Å². The van der Waals surface area contributed by atoms with Crippen LogP contribution < -0.4 is 0 Å². The number of nitrogens with zero attached hydrogens (tertiary/aromatic N) is 1. The molecule has 0 spiro atoms. The quantitative estimate of drug-likeness (QED) is 0.786. The van der Waals surface area contributed by atoms with Crippen molar-refractivity contribution in [1.29, 1.82) is 0 Å². The van der Waals surface area contributed by atoms with Crippen molar-refractivity contribution in [1.82, 2.24) is 9.97 Å². The van der Waals surface area contributed by atoms with E-state index in [0.717, 1.165) is 18.7 Å². The molecule has 1 aromatic heterocycles. The lowest BCUT2D eigenvalue weighted by atomic mass is 9.83. The second-order valence-corrected chi connectivity index (χ2v) is 6.09. The van der Waals surface area contributed by atoms with E-state index in [1.165, 1.54) is 11.4 Å². The SMILES string of the molecule is CCC(C)c1[nH]c(C(C)C)nc1C(C)(C)CC. The Hall–Kier alpha value is -0.790. The standard InChI is InChI=1S/C15H28N2/c1-8-11(5)12-13(15(6,7)9-2)17-14(16-12)10(3)4/h10-11H,8-9H2,1-7H3,(H,16,17). The number of rotatable bonds is 5. The summed E-state index contributed by atoms with van der Waals surface area (Å²) in [4.78, 5) is 8.43. The van der Waals surface area contributed by atoms with Gasteiger partial charge in [-0.3, -0.25) is 0 Å². The van der Waals surface area contributed by atoms with E-state index in [1.54, 1.807) is 0 Å². The molecule has 17 heavy (non-hydrogen) atoms. The minimum Gasteiger partial charge on any atom is -0.345 e. The van der Waals surface area contributed by atoms with Crippen molar-refractivity contribution in [3.8, 4) is 0 Å². The summed E-state index contributed by atoms with van der Waals surface area (Å²) in [5, 5.41) is 0. The van der Waals surface area contributed by atoms with Gasteiger partial charge in [-0.15, -0.1) is 0 Å². The molecule has 1 heterocycles. The smallest absolute Gasteiger partial charge is 0.109 e. The van der Waals surface area contributed by atoms with Crippen molar-refractivity contribution in [2.24, 2.45) is 0 Å². The van der Waals surface area contributed by atoms with Gasteiger partial charge in [-0.25, -0.2) is 4.98 Å². The number of nitrogens with one attached hydrogen (secondary N) is 1. The van der Waals surface area contributed by atoms with Gasteiger partial charge in [0.25, 0.3) is 0 Å². The molecule has 1 unspecified atom stereocenters. The van der Waals surface area contributed by atoms with E-state index in [9.17, 15) is 0 Å². The molecule has 0 saturated carbocycles. The highest BCUT2D eigenvalue weighted by molar-refractivity contribution is 5.26. The van der Waals surface area contributed by atoms with E-state index >= 15 is 0 Å². The van der Waals surface area contributed by atoms with Crippen LogP contribution in [0.4, 0.5) is 0 Å². The second-order valence-electron chi connectivity index (χ2n) is 6.09. The van der Waals surface area contributed by atoms with E-state index < -0.39 is 0 Å². The van der Waals surface area contributed by atoms with E-state index in [1.807, 2.05) is 0 Å². The topological polar surface area (TPSA) is 28.7 Å². The minimum atomic E-state index is 0.169. The molecule has 0 radical (unpaired) electrons. The Morgan fingerprint density at radius 1 is 1.18 bits per heavy atom. The lowest BCUT2D eigenvalue weighted by Gasteiger charge is -2.23. The van der Waals surface area contributed by atoms with Crippen molar-refractivity contribution >= 4 is 0 Å². The third-order valence-electron chi connectivity index (χ3n) is 3.93. The largest absolute Gasteiger partial charge is 0.345 e. The number of hydrogen-bond donors (Lipinski definition) is 1. The molecule has 1 N–H and O–H groups in total. The van der Waals surface area contributed by atoms with Gasteiger partial charge in [0.1, 0.15) is 5.82 Å². The molecule has 1 atom stereocenters. The van der Waals surface area contributed by atoms with Crippen LogP contribution in [0.25, 0.3) is 0 Å². The Kier molecular flexibility index (Phi) is 4.40. The molecule has 2 nitrogen and oxygen atoms in total. The van der Waals surface area contributed by atoms with Crippen molar-refractivity contribution < 1.29 is 0 Å². The van der Waals surface area contributed by atoms with Crippen LogP contribution in [0.15, 0.2) is 0 Å². The lowest BCUT2D eigenvalue weighted by Crippen LogP contribution is -2.19. The molecule has 0 bridgehead atoms. The highest BCUT2D eigenvalue weighted by Crippen LogP contribution is 2.33. The van der Waals surface area contributed by atoms with Crippen LogP contribution in [-0.2, 0) is 5.41 Å². The third kappa shape index (κ3) is 2.91. The molecule has 2 heteroatoms. The van der Waals surface area contributed by atoms with Gasteiger partial charge in [0.15, 0.2) is 0 Å². The molecule has 1 rings (SSSR count). The van der Waals surface area contributed by atoms with Crippen LogP contribution >= 0.6 is 0 Å². The minimum absolute atomic E-state index is 0.169. The van der Waals surface area contributed by atoms with E-state index in [4.69, 9.17) is 4.98 Å². The van der Waals surface area contributed by atoms with Gasteiger partial charge in [0, 0.05) is 17.0 Å². The molecule has 0 fully saturated rings. The van der Waals surface area contributed by atoms with Gasteiger partial charge < -0.3 is 4.98 Å². The van der Waals surface area contributed by atoms with Crippen LogP contribution in [0.1, 0.15) is 90.4 Å². The predicted octanol–water partition coefficient (Wildman–Crippen LogP) is 4.73. The number of aromatic amines is 1. The molecular weight excluding hydrogens is 208 g/mol. The molecule has 0 aliphatic heterocycles. The first-order chi connectivity index (χ1) is 7.83. The average molecular weight is 236 g/mol. The Morgan fingerprint density at radius 3 is 2.18 bits per heavy atom. The normalized spacial score (nSPS) is 14.4. The highest BCUT2D eigenvalue weighted by Gasteiger charge is 2.28. The number of aromatic nitrogens is 2. The Labute approximate surface area is 106 Å². The van der Waals surface area contributed by atoms with E-state index in [0.29, 0.717) is 11.8 Å². The maximum absolute atomic E-state index is 4.87. The first-order valence-corrected chi connectivity index (χ1v) is 6.93. The first-order valence-electron chi connectivity index (χ1n) is 6.93. The van der Waals surface area contributed by atoms with Gasteiger partial charge in [0.2, 0.25) is 0 Å². The lowest BCUT2D eigenvalue weighted by molar-refractivity contribution is 0.480. The molecule has 0 saturated heterocycles. The Bertz CT molecular complexity index is 361. The molecule has 0 amide bonds. The maximum atomic E-state index is 4.87. The highest BCUT2D eigenvalue weighted by atomic mass is 15.0. The molecular formula is C15H28N2. The van der Waals surface area contributed by atoms with Gasteiger partial charge >= 0.3 is 0 Å². The fourth-order valence-corrected chi connectivity index (χ4v) is 1.92. The third-order valence-corrected chi connectivity index (χ3v) is 3.93. The predicted molar refractivity (Wildman–Crippen MR) is 74.7 cm³/mol. The molecule has 0 aromatic carbocycles. The zero-order valence-electron chi connectivity index (χ0n) is 12.5. The summed E-state index contributed by atoms with van der Waals surface area (Å²) in [5.74, 6) is 2.17.